The van der Waals surface area contributed by atoms with E-state index in [9.17, 15) is 4.39 Å². The van der Waals surface area contributed by atoms with Gasteiger partial charge in [-0.2, -0.15) is 0 Å². The molecule has 0 aromatic carbocycles. The topological polar surface area (TPSA) is 71.2 Å². The van der Waals surface area contributed by atoms with Gasteiger partial charge in [-0.05, 0) is 19.9 Å². The van der Waals surface area contributed by atoms with E-state index in [1.54, 1.807) is 23.9 Å². The number of nitrogens with zero attached hydrogens (tertiary/aromatic N) is 5. The van der Waals surface area contributed by atoms with Gasteiger partial charge in [0.15, 0.2) is 11.5 Å². The van der Waals surface area contributed by atoms with Gasteiger partial charge >= 0.3 is 0 Å². The summed E-state index contributed by atoms with van der Waals surface area (Å²) in [6, 6.07) is 1.49. The molecule has 6 nitrogen and oxygen atoms in total. The number of aromatic amines is 1. The summed E-state index contributed by atoms with van der Waals surface area (Å²) < 4.78 is 16.3. The molecule has 4 rings (SSSR count). The zero-order valence-electron chi connectivity index (χ0n) is 14.7. The highest BCUT2D eigenvalue weighted by Gasteiger charge is 2.17. The second-order valence-electron chi connectivity index (χ2n) is 5.95. The van der Waals surface area contributed by atoms with Gasteiger partial charge in [0, 0.05) is 54.2 Å². The number of aryl methyl sites for hydroxylation is 1. The molecule has 0 amide bonds. The molecule has 130 valence electrons. The number of allylic oxidation sites excluding steroid dienone is 2. The average Bonchev–Trinajstić information content (AvgIpc) is 3.24. The Morgan fingerprint density at radius 3 is 2.92 bits per heavy atom. The fourth-order valence-corrected chi connectivity index (χ4v) is 3.13. The van der Waals surface area contributed by atoms with Crippen LogP contribution in [0.1, 0.15) is 18.3 Å². The molecule has 0 fully saturated rings. The Morgan fingerprint density at radius 2 is 2.15 bits per heavy atom. The van der Waals surface area contributed by atoms with Crippen molar-refractivity contribution >= 4 is 28.5 Å². The number of hydrogen-bond acceptors (Lipinski definition) is 4. The Morgan fingerprint density at radius 1 is 1.31 bits per heavy atom. The molecule has 0 spiro atoms. The van der Waals surface area contributed by atoms with Gasteiger partial charge in [-0.3, -0.25) is 4.99 Å². The van der Waals surface area contributed by atoms with Gasteiger partial charge in [-0.25, -0.2) is 19.3 Å². The fraction of sp³-hybridized carbons (Fsp3) is 0.158. The van der Waals surface area contributed by atoms with Crippen LogP contribution >= 0.6 is 0 Å². The molecule has 0 bridgehead atoms. The maximum Gasteiger partial charge on any atom is 0.173 e. The molecule has 1 N–H and O–H groups in total. The molecule has 0 aliphatic carbocycles. The van der Waals surface area contributed by atoms with E-state index in [0.29, 0.717) is 11.3 Å². The van der Waals surface area contributed by atoms with Crippen molar-refractivity contribution in [2.75, 3.05) is 7.05 Å². The van der Waals surface area contributed by atoms with Gasteiger partial charge in [0.2, 0.25) is 0 Å². The van der Waals surface area contributed by atoms with E-state index in [0.717, 1.165) is 33.5 Å². The van der Waals surface area contributed by atoms with E-state index in [-0.39, 0.29) is 5.82 Å². The molecule has 0 aliphatic heterocycles. The molecule has 4 heterocycles. The summed E-state index contributed by atoms with van der Waals surface area (Å²) in [6.45, 7) is 3.82. The number of rotatable bonds is 3. The van der Waals surface area contributed by atoms with Crippen molar-refractivity contribution in [3.8, 4) is 11.1 Å². The molecule has 0 atom stereocenters. The van der Waals surface area contributed by atoms with Crippen LogP contribution in [0.2, 0.25) is 0 Å². The predicted octanol–water partition coefficient (Wildman–Crippen LogP) is 3.82. The zero-order valence-corrected chi connectivity index (χ0v) is 14.7. The molecule has 26 heavy (non-hydrogen) atoms. The Balaban J connectivity index is 2.03. The van der Waals surface area contributed by atoms with Gasteiger partial charge < -0.3 is 9.38 Å². The molecule has 0 unspecified atom stereocenters. The maximum absolute atomic E-state index is 14.5. The van der Waals surface area contributed by atoms with E-state index in [1.165, 1.54) is 12.4 Å². The lowest BCUT2D eigenvalue weighted by Crippen LogP contribution is -1.96. The standard InChI is InChI=1S/C19H17FN6/c1-4-12(7-21-3)17-16-14(8-22-18(16)25-10-24-17)13-5-15(20)19-23-6-11(2)26(19)9-13/h4-10H,1-3H3,(H,22,24,25)/b12-4+,21-7?. The van der Waals surface area contributed by atoms with Crippen molar-refractivity contribution in [2.45, 2.75) is 13.8 Å². The van der Waals surface area contributed by atoms with Gasteiger partial charge in [0.1, 0.15) is 12.0 Å². The normalized spacial score (nSPS) is 12.7. The summed E-state index contributed by atoms with van der Waals surface area (Å²) in [5.41, 5.74) is 5.05. The number of imidazole rings is 1. The quantitative estimate of drug-likeness (QED) is 0.572. The third kappa shape index (κ3) is 2.40. The van der Waals surface area contributed by atoms with Crippen molar-refractivity contribution in [1.29, 1.82) is 0 Å². The number of aromatic nitrogens is 5. The number of halogens is 1. The summed E-state index contributed by atoms with van der Waals surface area (Å²) in [6.07, 6.45) is 10.6. The van der Waals surface area contributed by atoms with E-state index in [2.05, 4.69) is 24.9 Å². The lowest BCUT2D eigenvalue weighted by atomic mass is 10.0. The molecule has 7 heteroatoms. The number of fused-ring (bicyclic) bond motifs is 2. The number of pyridine rings is 1. The molecule has 0 aliphatic rings. The van der Waals surface area contributed by atoms with Crippen LogP contribution in [0.4, 0.5) is 4.39 Å². The minimum absolute atomic E-state index is 0.315. The van der Waals surface area contributed by atoms with Crippen molar-refractivity contribution in [2.24, 2.45) is 4.99 Å². The van der Waals surface area contributed by atoms with E-state index < -0.39 is 0 Å². The lowest BCUT2D eigenvalue weighted by Gasteiger charge is -2.07. The first-order valence-electron chi connectivity index (χ1n) is 8.18. The minimum Gasteiger partial charge on any atom is -0.345 e. The summed E-state index contributed by atoms with van der Waals surface area (Å²) in [7, 11) is 1.71. The molecular formula is C19H17FN6. The van der Waals surface area contributed by atoms with Crippen molar-refractivity contribution < 1.29 is 4.39 Å². The third-order valence-electron chi connectivity index (χ3n) is 4.38. The number of aliphatic imine (C=N–C) groups is 1. The smallest absolute Gasteiger partial charge is 0.173 e. The highest BCUT2D eigenvalue weighted by molar-refractivity contribution is 6.15. The summed E-state index contributed by atoms with van der Waals surface area (Å²) in [5, 5.41) is 0.831. The molecule has 4 aromatic rings. The van der Waals surface area contributed by atoms with Crippen LogP contribution in [-0.2, 0) is 0 Å². The monoisotopic (exact) mass is 348 g/mol. The highest BCUT2D eigenvalue weighted by Crippen LogP contribution is 2.33. The van der Waals surface area contributed by atoms with Crippen LogP contribution in [0.3, 0.4) is 0 Å². The van der Waals surface area contributed by atoms with Crippen LogP contribution in [0.25, 0.3) is 33.4 Å². The van der Waals surface area contributed by atoms with Gasteiger partial charge in [-0.1, -0.05) is 6.08 Å². The summed E-state index contributed by atoms with van der Waals surface area (Å²) in [4.78, 5) is 20.1. The molecule has 4 aromatic heterocycles. The zero-order chi connectivity index (χ0) is 18.3. The first-order valence-corrected chi connectivity index (χ1v) is 8.18. The first kappa shape index (κ1) is 16.1. The highest BCUT2D eigenvalue weighted by atomic mass is 19.1. The summed E-state index contributed by atoms with van der Waals surface area (Å²) >= 11 is 0. The Kier molecular flexibility index (Phi) is 3.84. The molecule has 0 radical (unpaired) electrons. The van der Waals surface area contributed by atoms with Crippen molar-refractivity contribution in [1.82, 2.24) is 24.3 Å². The Hall–Kier alpha value is -3.35. The Bertz CT molecular complexity index is 1180. The second kappa shape index (κ2) is 6.18. The van der Waals surface area contributed by atoms with Crippen molar-refractivity contribution in [3.05, 3.63) is 54.3 Å². The van der Waals surface area contributed by atoms with Gasteiger partial charge in [0.05, 0.1) is 11.1 Å². The number of nitrogens with one attached hydrogen (secondary N) is 1. The summed E-state index contributed by atoms with van der Waals surface area (Å²) in [5.74, 6) is -0.371. The van der Waals surface area contributed by atoms with E-state index >= 15 is 0 Å². The maximum atomic E-state index is 14.5. The predicted molar refractivity (Wildman–Crippen MR) is 101 cm³/mol. The van der Waals surface area contributed by atoms with Crippen LogP contribution in [0.5, 0.6) is 0 Å². The van der Waals surface area contributed by atoms with E-state index in [4.69, 9.17) is 0 Å². The van der Waals surface area contributed by atoms with Crippen LogP contribution in [0.15, 0.2) is 42.1 Å². The van der Waals surface area contributed by atoms with Gasteiger partial charge in [0.25, 0.3) is 0 Å². The SMILES string of the molecule is C/C=C(\C=NC)c1ncnc2[nH]cc(-c3cc(F)c4ncc(C)n4c3)c12. The minimum atomic E-state index is -0.371. The fourth-order valence-electron chi connectivity index (χ4n) is 3.13. The lowest BCUT2D eigenvalue weighted by molar-refractivity contribution is 0.630. The average molecular weight is 348 g/mol. The Labute approximate surface area is 149 Å². The van der Waals surface area contributed by atoms with Crippen molar-refractivity contribution in [3.63, 3.8) is 0 Å². The second-order valence-corrected chi connectivity index (χ2v) is 5.95. The van der Waals surface area contributed by atoms with Crippen LogP contribution in [-0.4, -0.2) is 37.6 Å². The number of H-pyrrole nitrogens is 1. The van der Waals surface area contributed by atoms with Crippen LogP contribution < -0.4 is 0 Å². The van der Waals surface area contributed by atoms with Crippen LogP contribution in [0, 0.1) is 12.7 Å². The molecular weight excluding hydrogens is 331 g/mol. The van der Waals surface area contributed by atoms with Gasteiger partial charge in [-0.15, -0.1) is 0 Å². The molecule has 0 saturated heterocycles. The largest absolute Gasteiger partial charge is 0.345 e. The van der Waals surface area contributed by atoms with E-state index in [1.807, 2.05) is 32.3 Å². The number of hydrogen-bond donors (Lipinski definition) is 1. The first-order chi connectivity index (χ1) is 12.6. The molecule has 0 saturated carbocycles. The third-order valence-corrected chi connectivity index (χ3v) is 4.38.